The third kappa shape index (κ3) is 2.99. The third-order valence-electron chi connectivity index (χ3n) is 2.76. The van der Waals surface area contributed by atoms with Gasteiger partial charge in [0.25, 0.3) is 0 Å². The second-order valence-corrected chi connectivity index (χ2v) is 4.12. The van der Waals surface area contributed by atoms with Crippen LogP contribution in [0.15, 0.2) is 36.4 Å². The highest BCUT2D eigenvalue weighted by Gasteiger charge is 2.30. The van der Waals surface area contributed by atoms with E-state index in [4.69, 9.17) is 0 Å². The number of rotatable bonds is 2. The van der Waals surface area contributed by atoms with E-state index >= 15 is 0 Å². The molecular formula is C13H6F5NO2. The van der Waals surface area contributed by atoms with Crippen LogP contribution in [0.25, 0.3) is 11.1 Å². The molecule has 0 amide bonds. The topological polar surface area (TPSA) is 43.1 Å². The monoisotopic (exact) mass is 303 g/mol. The molecule has 21 heavy (non-hydrogen) atoms. The Balaban J connectivity index is 2.52. The van der Waals surface area contributed by atoms with Crippen LogP contribution in [0.3, 0.4) is 0 Å². The molecule has 0 spiro atoms. The summed E-state index contributed by atoms with van der Waals surface area (Å²) in [6.07, 6.45) is -4.55. The van der Waals surface area contributed by atoms with E-state index in [1.807, 2.05) is 0 Å². The van der Waals surface area contributed by atoms with Gasteiger partial charge in [-0.1, -0.05) is 12.1 Å². The van der Waals surface area contributed by atoms with Gasteiger partial charge in [0.1, 0.15) is 5.82 Å². The van der Waals surface area contributed by atoms with Gasteiger partial charge >= 0.3 is 11.9 Å². The molecule has 2 rings (SSSR count). The zero-order valence-corrected chi connectivity index (χ0v) is 10.1. The van der Waals surface area contributed by atoms with Gasteiger partial charge in [-0.15, -0.1) is 0 Å². The fraction of sp³-hybridized carbons (Fsp3) is 0.0769. The maximum absolute atomic E-state index is 13.6. The Hall–Kier alpha value is -2.51. The van der Waals surface area contributed by atoms with E-state index in [9.17, 15) is 32.1 Å². The first-order chi connectivity index (χ1) is 9.70. The Kier molecular flexibility index (Phi) is 3.63. The SMILES string of the molecule is O=[N+]([O-])c1cc(-c2ccc(C(F)(F)F)cc2)c(F)cc1F. The molecule has 0 aromatic heterocycles. The molecule has 0 unspecified atom stereocenters. The van der Waals surface area contributed by atoms with Crippen LogP contribution in [0.2, 0.25) is 0 Å². The van der Waals surface area contributed by atoms with Crippen molar-refractivity contribution >= 4 is 5.69 Å². The summed E-state index contributed by atoms with van der Waals surface area (Å²) in [5, 5.41) is 10.6. The molecule has 0 aliphatic heterocycles. The molecule has 3 nitrogen and oxygen atoms in total. The summed E-state index contributed by atoms with van der Waals surface area (Å²) in [6.45, 7) is 0. The van der Waals surface area contributed by atoms with E-state index in [1.165, 1.54) is 0 Å². The highest BCUT2D eigenvalue weighted by Crippen LogP contribution is 2.33. The quantitative estimate of drug-likeness (QED) is 0.464. The van der Waals surface area contributed by atoms with Gasteiger partial charge in [-0.05, 0) is 17.7 Å². The summed E-state index contributed by atoms with van der Waals surface area (Å²) < 4.78 is 64.0. The second-order valence-electron chi connectivity index (χ2n) is 4.12. The largest absolute Gasteiger partial charge is 0.416 e. The van der Waals surface area contributed by atoms with Gasteiger partial charge < -0.3 is 0 Å². The number of halogens is 5. The molecule has 0 aliphatic rings. The summed E-state index contributed by atoms with van der Waals surface area (Å²) in [4.78, 5) is 9.56. The lowest BCUT2D eigenvalue weighted by atomic mass is 10.0. The number of hydrogen-bond acceptors (Lipinski definition) is 2. The van der Waals surface area contributed by atoms with Gasteiger partial charge in [0, 0.05) is 17.7 Å². The summed E-state index contributed by atoms with van der Waals surface area (Å²) >= 11 is 0. The van der Waals surface area contributed by atoms with Gasteiger partial charge in [-0.25, -0.2) is 4.39 Å². The van der Waals surface area contributed by atoms with Gasteiger partial charge in [0.15, 0.2) is 0 Å². The molecule has 0 radical (unpaired) electrons. The van der Waals surface area contributed by atoms with Gasteiger partial charge in [0.05, 0.1) is 10.5 Å². The number of hydrogen-bond donors (Lipinski definition) is 0. The zero-order chi connectivity index (χ0) is 15.8. The highest BCUT2D eigenvalue weighted by atomic mass is 19.4. The number of nitro benzene ring substituents is 1. The van der Waals surface area contributed by atoms with Crippen molar-refractivity contribution in [3.05, 3.63) is 63.7 Å². The number of alkyl halides is 3. The average Bonchev–Trinajstić information content (AvgIpc) is 2.37. The van der Waals surface area contributed by atoms with Crippen LogP contribution in [-0.4, -0.2) is 4.92 Å². The summed E-state index contributed by atoms with van der Waals surface area (Å²) in [7, 11) is 0. The fourth-order valence-corrected chi connectivity index (χ4v) is 1.74. The standard InChI is InChI=1S/C13H6F5NO2/c14-10-6-11(15)12(19(20)21)5-9(10)7-1-3-8(4-2-7)13(16,17)18/h1-6H. The Bertz CT molecular complexity index is 695. The average molecular weight is 303 g/mol. The van der Waals surface area contributed by atoms with Crippen molar-refractivity contribution in [2.24, 2.45) is 0 Å². The molecule has 0 saturated carbocycles. The molecule has 0 saturated heterocycles. The van der Waals surface area contributed by atoms with Crippen molar-refractivity contribution in [2.75, 3.05) is 0 Å². The maximum atomic E-state index is 13.6. The molecule has 0 fully saturated rings. The molecule has 0 heterocycles. The minimum absolute atomic E-state index is 0.0244. The van der Waals surface area contributed by atoms with Crippen molar-refractivity contribution in [1.29, 1.82) is 0 Å². The van der Waals surface area contributed by atoms with Crippen LogP contribution < -0.4 is 0 Å². The Morgan fingerprint density at radius 3 is 2.00 bits per heavy atom. The molecule has 2 aromatic rings. The number of nitro groups is 1. The van der Waals surface area contributed by atoms with E-state index < -0.39 is 34.0 Å². The van der Waals surface area contributed by atoms with Crippen LogP contribution in [0.4, 0.5) is 27.6 Å². The van der Waals surface area contributed by atoms with E-state index in [0.29, 0.717) is 24.3 Å². The summed E-state index contributed by atoms with van der Waals surface area (Å²) in [5.41, 5.74) is -2.27. The first-order valence-electron chi connectivity index (χ1n) is 5.51. The molecular weight excluding hydrogens is 297 g/mol. The lowest BCUT2D eigenvalue weighted by molar-refractivity contribution is -0.387. The van der Waals surface area contributed by atoms with Crippen molar-refractivity contribution in [3.63, 3.8) is 0 Å². The summed E-state index contributed by atoms with van der Waals surface area (Å²) in [5.74, 6) is -2.45. The maximum Gasteiger partial charge on any atom is 0.416 e. The van der Waals surface area contributed by atoms with Crippen LogP contribution in [-0.2, 0) is 6.18 Å². The van der Waals surface area contributed by atoms with Gasteiger partial charge in [-0.3, -0.25) is 10.1 Å². The second kappa shape index (κ2) is 5.12. The first-order valence-corrected chi connectivity index (χ1v) is 5.51. The predicted molar refractivity (Wildman–Crippen MR) is 63.5 cm³/mol. The smallest absolute Gasteiger partial charge is 0.258 e. The summed E-state index contributed by atoms with van der Waals surface area (Å²) in [6, 6.07) is 4.32. The third-order valence-corrected chi connectivity index (χ3v) is 2.76. The minimum Gasteiger partial charge on any atom is -0.258 e. The van der Waals surface area contributed by atoms with Gasteiger partial charge in [-0.2, -0.15) is 17.6 Å². The van der Waals surface area contributed by atoms with Crippen molar-refractivity contribution in [3.8, 4) is 11.1 Å². The van der Waals surface area contributed by atoms with Crippen LogP contribution in [0, 0.1) is 21.7 Å². The van der Waals surface area contributed by atoms with E-state index in [0.717, 1.165) is 12.1 Å². The Morgan fingerprint density at radius 2 is 1.52 bits per heavy atom. The van der Waals surface area contributed by atoms with Gasteiger partial charge in [0.2, 0.25) is 5.82 Å². The minimum atomic E-state index is -4.55. The van der Waals surface area contributed by atoms with Crippen molar-refractivity contribution in [2.45, 2.75) is 6.18 Å². The van der Waals surface area contributed by atoms with Crippen molar-refractivity contribution < 1.29 is 26.9 Å². The number of benzene rings is 2. The number of nitrogens with zero attached hydrogens (tertiary/aromatic N) is 1. The highest BCUT2D eigenvalue weighted by molar-refractivity contribution is 5.67. The molecule has 0 atom stereocenters. The zero-order valence-electron chi connectivity index (χ0n) is 10.1. The van der Waals surface area contributed by atoms with Crippen LogP contribution >= 0.6 is 0 Å². The molecule has 2 aromatic carbocycles. The Labute approximate surface area is 114 Å². The predicted octanol–water partition coefficient (Wildman–Crippen LogP) is 4.56. The fourth-order valence-electron chi connectivity index (χ4n) is 1.74. The van der Waals surface area contributed by atoms with E-state index in [1.54, 1.807) is 0 Å². The van der Waals surface area contributed by atoms with E-state index in [2.05, 4.69) is 0 Å². The normalized spacial score (nSPS) is 11.5. The molecule has 0 bridgehead atoms. The lowest BCUT2D eigenvalue weighted by Crippen LogP contribution is -2.04. The van der Waals surface area contributed by atoms with E-state index in [-0.39, 0.29) is 11.1 Å². The first kappa shape index (κ1) is 14.9. The molecule has 0 N–H and O–H groups in total. The van der Waals surface area contributed by atoms with Crippen LogP contribution in [0.5, 0.6) is 0 Å². The lowest BCUT2D eigenvalue weighted by Gasteiger charge is -2.08. The molecule has 0 aliphatic carbocycles. The van der Waals surface area contributed by atoms with Crippen molar-refractivity contribution in [1.82, 2.24) is 0 Å². The van der Waals surface area contributed by atoms with Crippen LogP contribution in [0.1, 0.15) is 5.56 Å². The Morgan fingerprint density at radius 1 is 0.952 bits per heavy atom. The molecule has 8 heteroatoms. The molecule has 110 valence electrons.